The molecular formula is C21H20N2O2S. The van der Waals surface area contributed by atoms with Crippen molar-refractivity contribution in [3.63, 3.8) is 0 Å². The fourth-order valence-electron chi connectivity index (χ4n) is 2.56. The third-order valence-corrected chi connectivity index (χ3v) is 4.84. The van der Waals surface area contributed by atoms with Gasteiger partial charge in [-0.3, -0.25) is 9.59 Å². The third kappa shape index (κ3) is 4.80. The summed E-state index contributed by atoms with van der Waals surface area (Å²) in [6.07, 6.45) is 0.426. The molecule has 0 aliphatic heterocycles. The molecule has 1 heterocycles. The van der Waals surface area contributed by atoms with Gasteiger partial charge in [0.1, 0.15) is 6.04 Å². The van der Waals surface area contributed by atoms with Crippen LogP contribution in [0.3, 0.4) is 0 Å². The minimum Gasteiger partial charge on any atom is -0.339 e. The van der Waals surface area contributed by atoms with Crippen molar-refractivity contribution in [2.75, 3.05) is 5.32 Å². The van der Waals surface area contributed by atoms with Crippen molar-refractivity contribution in [2.45, 2.75) is 19.4 Å². The van der Waals surface area contributed by atoms with Gasteiger partial charge in [-0.2, -0.15) is 0 Å². The van der Waals surface area contributed by atoms with Crippen molar-refractivity contribution in [2.24, 2.45) is 0 Å². The lowest BCUT2D eigenvalue weighted by Gasteiger charge is -2.18. The maximum Gasteiger partial charge on any atom is 0.262 e. The van der Waals surface area contributed by atoms with E-state index >= 15 is 0 Å². The van der Waals surface area contributed by atoms with E-state index in [1.54, 1.807) is 6.07 Å². The third-order valence-electron chi connectivity index (χ3n) is 3.97. The van der Waals surface area contributed by atoms with Crippen LogP contribution in [0.1, 0.15) is 20.8 Å². The van der Waals surface area contributed by atoms with Crippen molar-refractivity contribution in [3.05, 3.63) is 88.1 Å². The van der Waals surface area contributed by atoms with Gasteiger partial charge in [-0.25, -0.2) is 0 Å². The Bertz CT molecular complexity index is 859. The Labute approximate surface area is 156 Å². The second-order valence-corrected chi connectivity index (χ2v) is 7.00. The van der Waals surface area contributed by atoms with Crippen molar-refractivity contribution in [3.8, 4) is 0 Å². The Hall–Kier alpha value is -2.92. The molecule has 2 amide bonds. The lowest BCUT2D eigenvalue weighted by Crippen LogP contribution is -2.45. The summed E-state index contributed by atoms with van der Waals surface area (Å²) in [5.74, 6) is -0.470. The van der Waals surface area contributed by atoms with Gasteiger partial charge in [0, 0.05) is 12.1 Å². The van der Waals surface area contributed by atoms with E-state index in [1.807, 2.05) is 73.0 Å². The molecule has 0 aliphatic carbocycles. The summed E-state index contributed by atoms with van der Waals surface area (Å²) in [6, 6.07) is 20.2. The Morgan fingerprint density at radius 1 is 0.962 bits per heavy atom. The number of carbonyl (C=O) groups is 2. The molecular weight excluding hydrogens is 344 g/mol. The van der Waals surface area contributed by atoms with Gasteiger partial charge >= 0.3 is 0 Å². The predicted octanol–water partition coefficient (Wildman–Crippen LogP) is 4.04. The molecule has 3 rings (SSSR count). The van der Waals surface area contributed by atoms with E-state index in [1.165, 1.54) is 11.3 Å². The number of hydrogen-bond acceptors (Lipinski definition) is 3. The Balaban J connectivity index is 1.75. The van der Waals surface area contributed by atoms with Crippen molar-refractivity contribution in [1.82, 2.24) is 5.32 Å². The number of rotatable bonds is 6. The molecule has 5 heteroatoms. The monoisotopic (exact) mass is 364 g/mol. The van der Waals surface area contributed by atoms with Crippen molar-refractivity contribution < 1.29 is 9.59 Å². The average Bonchev–Trinajstić information content (AvgIpc) is 3.19. The van der Waals surface area contributed by atoms with Gasteiger partial charge in [-0.1, -0.05) is 54.1 Å². The Morgan fingerprint density at radius 3 is 2.35 bits per heavy atom. The number of thiophene rings is 1. The van der Waals surface area contributed by atoms with Crippen LogP contribution in [0.15, 0.2) is 72.1 Å². The minimum atomic E-state index is -0.659. The van der Waals surface area contributed by atoms with E-state index in [2.05, 4.69) is 10.6 Å². The maximum absolute atomic E-state index is 12.8. The predicted molar refractivity (Wildman–Crippen MR) is 106 cm³/mol. The highest BCUT2D eigenvalue weighted by atomic mass is 32.1. The molecule has 0 radical (unpaired) electrons. The molecule has 0 aliphatic rings. The summed E-state index contributed by atoms with van der Waals surface area (Å²) in [4.78, 5) is 25.8. The van der Waals surface area contributed by atoms with E-state index in [4.69, 9.17) is 0 Å². The fourth-order valence-corrected chi connectivity index (χ4v) is 3.19. The van der Waals surface area contributed by atoms with Gasteiger partial charge in [0.2, 0.25) is 5.91 Å². The highest BCUT2D eigenvalue weighted by Gasteiger charge is 2.22. The molecule has 0 saturated carbocycles. The van der Waals surface area contributed by atoms with Crippen LogP contribution in [-0.4, -0.2) is 17.9 Å². The Kier molecular flexibility index (Phi) is 5.81. The van der Waals surface area contributed by atoms with Gasteiger partial charge < -0.3 is 10.6 Å². The molecule has 2 aromatic carbocycles. The van der Waals surface area contributed by atoms with E-state index in [-0.39, 0.29) is 11.8 Å². The molecule has 0 bridgehead atoms. The van der Waals surface area contributed by atoms with Gasteiger partial charge in [-0.05, 0) is 36.1 Å². The quantitative estimate of drug-likeness (QED) is 0.694. The zero-order chi connectivity index (χ0) is 18.4. The topological polar surface area (TPSA) is 58.2 Å². The lowest BCUT2D eigenvalue weighted by molar-refractivity contribution is -0.118. The van der Waals surface area contributed by atoms with Crippen LogP contribution in [0.25, 0.3) is 0 Å². The summed E-state index contributed by atoms with van der Waals surface area (Å²) >= 11 is 1.35. The normalized spacial score (nSPS) is 11.6. The standard InChI is InChI=1S/C21H20N2O2S/c1-15-9-11-17(12-10-15)22-20(24)18(14-16-6-3-2-4-7-16)23-21(25)19-8-5-13-26-19/h2-13,18H,14H2,1H3,(H,22,24)(H,23,25)/t18-/m1/s1. The molecule has 26 heavy (non-hydrogen) atoms. The van der Waals surface area contributed by atoms with Crippen LogP contribution in [0.2, 0.25) is 0 Å². The Morgan fingerprint density at radius 2 is 1.69 bits per heavy atom. The highest BCUT2D eigenvalue weighted by molar-refractivity contribution is 7.12. The van der Waals surface area contributed by atoms with Crippen LogP contribution >= 0.6 is 11.3 Å². The molecule has 0 fully saturated rings. The summed E-state index contributed by atoms with van der Waals surface area (Å²) in [6.45, 7) is 1.99. The molecule has 2 N–H and O–H groups in total. The number of nitrogens with one attached hydrogen (secondary N) is 2. The first-order chi connectivity index (χ1) is 12.6. The second kappa shape index (κ2) is 8.45. The SMILES string of the molecule is Cc1ccc(NC(=O)[C@@H](Cc2ccccc2)NC(=O)c2cccs2)cc1. The molecule has 4 nitrogen and oxygen atoms in total. The first-order valence-electron chi connectivity index (χ1n) is 8.37. The first-order valence-corrected chi connectivity index (χ1v) is 9.25. The minimum absolute atomic E-state index is 0.234. The molecule has 1 aromatic heterocycles. The molecule has 3 aromatic rings. The number of benzene rings is 2. The number of anilines is 1. The first kappa shape index (κ1) is 17.9. The summed E-state index contributed by atoms with van der Waals surface area (Å²) < 4.78 is 0. The number of aryl methyl sites for hydroxylation is 1. The smallest absolute Gasteiger partial charge is 0.262 e. The van der Waals surface area contributed by atoms with Crippen molar-refractivity contribution in [1.29, 1.82) is 0 Å². The van der Waals surface area contributed by atoms with E-state index < -0.39 is 6.04 Å². The lowest BCUT2D eigenvalue weighted by atomic mass is 10.0. The van der Waals surface area contributed by atoms with Gasteiger partial charge in [-0.15, -0.1) is 11.3 Å². The summed E-state index contributed by atoms with van der Waals surface area (Å²) in [7, 11) is 0. The van der Waals surface area contributed by atoms with Gasteiger partial charge in [0.05, 0.1) is 4.88 Å². The molecule has 0 spiro atoms. The second-order valence-electron chi connectivity index (χ2n) is 6.05. The molecule has 0 unspecified atom stereocenters. The number of carbonyl (C=O) groups excluding carboxylic acids is 2. The molecule has 0 saturated heterocycles. The fraction of sp³-hybridized carbons (Fsp3) is 0.143. The van der Waals surface area contributed by atoms with E-state index in [0.717, 1.165) is 11.1 Å². The van der Waals surface area contributed by atoms with Crippen molar-refractivity contribution >= 4 is 28.8 Å². The van der Waals surface area contributed by atoms with Gasteiger partial charge in [0.15, 0.2) is 0 Å². The number of hydrogen-bond donors (Lipinski definition) is 2. The maximum atomic E-state index is 12.8. The zero-order valence-corrected chi connectivity index (χ0v) is 15.3. The molecule has 132 valence electrons. The summed E-state index contributed by atoms with van der Waals surface area (Å²) in [5, 5.41) is 7.59. The van der Waals surface area contributed by atoms with Crippen LogP contribution < -0.4 is 10.6 Å². The van der Waals surface area contributed by atoms with Crippen LogP contribution in [0, 0.1) is 6.92 Å². The molecule has 1 atom stereocenters. The summed E-state index contributed by atoms with van der Waals surface area (Å²) in [5.41, 5.74) is 2.82. The van der Waals surface area contributed by atoms with Crippen LogP contribution in [-0.2, 0) is 11.2 Å². The van der Waals surface area contributed by atoms with E-state index in [0.29, 0.717) is 17.0 Å². The number of amides is 2. The van der Waals surface area contributed by atoms with Crippen LogP contribution in [0.5, 0.6) is 0 Å². The average molecular weight is 364 g/mol. The van der Waals surface area contributed by atoms with Crippen LogP contribution in [0.4, 0.5) is 5.69 Å². The zero-order valence-electron chi connectivity index (χ0n) is 14.4. The van der Waals surface area contributed by atoms with Gasteiger partial charge in [0.25, 0.3) is 5.91 Å². The highest BCUT2D eigenvalue weighted by Crippen LogP contribution is 2.13. The van der Waals surface area contributed by atoms with E-state index in [9.17, 15) is 9.59 Å². The largest absolute Gasteiger partial charge is 0.339 e.